The Morgan fingerprint density at radius 1 is 1.32 bits per heavy atom. The Kier molecular flexibility index (Phi) is 6.35. The average Bonchev–Trinajstić information content (AvgIpc) is 3.21. The Labute approximate surface area is 165 Å². The Morgan fingerprint density at radius 3 is 2.71 bits per heavy atom. The van der Waals surface area contributed by atoms with Gasteiger partial charge >= 0.3 is 0 Å². The predicted molar refractivity (Wildman–Crippen MR) is 105 cm³/mol. The van der Waals surface area contributed by atoms with E-state index in [-0.39, 0.29) is 16.7 Å². The topological polar surface area (TPSA) is 93.5 Å². The minimum atomic E-state index is -3.60. The van der Waals surface area contributed by atoms with Crippen LogP contribution in [-0.2, 0) is 16.6 Å². The highest BCUT2D eigenvalue weighted by Gasteiger charge is 2.26. The molecule has 1 aliphatic heterocycles. The molecule has 1 aliphatic rings. The van der Waals surface area contributed by atoms with Crippen LogP contribution in [-0.4, -0.2) is 55.7 Å². The van der Waals surface area contributed by atoms with Crippen LogP contribution in [0, 0.1) is 5.92 Å². The lowest BCUT2D eigenvalue weighted by atomic mass is 9.98. The molecule has 8 nitrogen and oxygen atoms in total. The van der Waals surface area contributed by atoms with Gasteiger partial charge in [0.1, 0.15) is 5.75 Å². The van der Waals surface area contributed by atoms with Crippen LogP contribution in [0.5, 0.6) is 5.75 Å². The van der Waals surface area contributed by atoms with E-state index < -0.39 is 10.0 Å². The maximum Gasteiger partial charge on any atom is 0.257 e. The van der Waals surface area contributed by atoms with Crippen LogP contribution < -0.4 is 9.46 Å². The van der Waals surface area contributed by atoms with Gasteiger partial charge in [-0.1, -0.05) is 0 Å². The number of nitrogens with zero attached hydrogens (tertiary/aromatic N) is 3. The fourth-order valence-corrected chi connectivity index (χ4v) is 4.43. The summed E-state index contributed by atoms with van der Waals surface area (Å²) in [5.41, 5.74) is 0.571. The maximum absolute atomic E-state index is 12.7. The van der Waals surface area contributed by atoms with Crippen molar-refractivity contribution in [1.82, 2.24) is 19.4 Å². The van der Waals surface area contributed by atoms with Crippen LogP contribution in [0.3, 0.4) is 0 Å². The first-order valence-electron chi connectivity index (χ1n) is 9.38. The average molecular weight is 407 g/mol. The zero-order chi connectivity index (χ0) is 20.1. The number of hydrogen-bond donors (Lipinski definition) is 1. The summed E-state index contributed by atoms with van der Waals surface area (Å²) in [6.07, 6.45) is 5.06. The number of nitrogens with one attached hydrogen (secondary N) is 1. The molecule has 0 unspecified atom stereocenters. The summed E-state index contributed by atoms with van der Waals surface area (Å²) < 4.78 is 34.5. The van der Waals surface area contributed by atoms with Crippen molar-refractivity contribution in [3.05, 3.63) is 42.2 Å². The summed E-state index contributed by atoms with van der Waals surface area (Å²) >= 11 is 0. The smallest absolute Gasteiger partial charge is 0.257 e. The van der Waals surface area contributed by atoms with Gasteiger partial charge in [-0.05, 0) is 49.9 Å². The summed E-state index contributed by atoms with van der Waals surface area (Å²) in [7, 11) is -2.06. The van der Waals surface area contributed by atoms with E-state index in [2.05, 4.69) is 9.82 Å². The second-order valence-electron chi connectivity index (χ2n) is 6.87. The van der Waals surface area contributed by atoms with Crippen LogP contribution >= 0.6 is 0 Å². The molecule has 1 saturated heterocycles. The highest BCUT2D eigenvalue weighted by molar-refractivity contribution is 7.89. The summed E-state index contributed by atoms with van der Waals surface area (Å²) in [5, 5.41) is 4.15. The quantitative estimate of drug-likeness (QED) is 0.756. The molecule has 1 aromatic carbocycles. The molecule has 3 rings (SSSR count). The highest BCUT2D eigenvalue weighted by Crippen LogP contribution is 2.20. The SMILES string of the molecule is CCn1cc(C(=O)N2CCC[C@H](CNS(=O)(=O)c3ccc(OC)cc3)C2)cn1. The van der Waals surface area contributed by atoms with E-state index in [1.807, 2.05) is 6.92 Å². The second-order valence-corrected chi connectivity index (χ2v) is 8.64. The number of likely N-dealkylation sites (tertiary alicyclic amines) is 1. The predicted octanol–water partition coefficient (Wildman–Crippen LogP) is 1.74. The lowest BCUT2D eigenvalue weighted by molar-refractivity contribution is 0.0676. The number of hydrogen-bond acceptors (Lipinski definition) is 5. The summed E-state index contributed by atoms with van der Waals surface area (Å²) in [5.74, 6) is 0.626. The molecule has 0 saturated carbocycles. The number of rotatable bonds is 7. The minimum absolute atomic E-state index is 0.0533. The summed E-state index contributed by atoms with van der Waals surface area (Å²) in [6.45, 7) is 4.18. The number of sulfonamides is 1. The Hall–Kier alpha value is -2.39. The van der Waals surface area contributed by atoms with Crippen molar-refractivity contribution in [2.75, 3.05) is 26.7 Å². The summed E-state index contributed by atoms with van der Waals surface area (Å²) in [4.78, 5) is 14.7. The third-order valence-corrected chi connectivity index (χ3v) is 6.38. The molecule has 2 heterocycles. The molecule has 0 radical (unpaired) electrons. The van der Waals surface area contributed by atoms with E-state index in [0.29, 0.717) is 37.5 Å². The number of aromatic nitrogens is 2. The molecule has 1 atom stereocenters. The van der Waals surface area contributed by atoms with Crippen molar-refractivity contribution < 1.29 is 17.9 Å². The first kappa shape index (κ1) is 20.3. The zero-order valence-electron chi connectivity index (χ0n) is 16.2. The third-order valence-electron chi connectivity index (χ3n) is 4.94. The number of methoxy groups -OCH3 is 1. The van der Waals surface area contributed by atoms with Gasteiger partial charge in [0, 0.05) is 32.4 Å². The van der Waals surface area contributed by atoms with Crippen molar-refractivity contribution in [2.24, 2.45) is 5.92 Å². The van der Waals surface area contributed by atoms with Gasteiger partial charge in [-0.15, -0.1) is 0 Å². The van der Waals surface area contributed by atoms with E-state index in [0.717, 1.165) is 12.8 Å². The Morgan fingerprint density at radius 2 is 2.07 bits per heavy atom. The molecule has 28 heavy (non-hydrogen) atoms. The molecule has 1 N–H and O–H groups in total. The van der Waals surface area contributed by atoms with Gasteiger partial charge < -0.3 is 9.64 Å². The van der Waals surface area contributed by atoms with Gasteiger partial charge in [0.05, 0.1) is 23.8 Å². The molecule has 1 fully saturated rings. The van der Waals surface area contributed by atoms with Crippen LogP contribution in [0.15, 0.2) is 41.6 Å². The maximum atomic E-state index is 12.7. The minimum Gasteiger partial charge on any atom is -0.497 e. The van der Waals surface area contributed by atoms with Gasteiger partial charge in [0.25, 0.3) is 5.91 Å². The number of benzene rings is 1. The van der Waals surface area contributed by atoms with Crippen molar-refractivity contribution in [2.45, 2.75) is 31.2 Å². The fourth-order valence-electron chi connectivity index (χ4n) is 3.31. The Bertz CT molecular complexity index is 908. The standard InChI is InChI=1S/C19H26N4O4S/c1-3-23-14-16(12-20-23)19(24)22-10-4-5-15(13-22)11-21-28(25,26)18-8-6-17(27-2)7-9-18/h6-9,12,14-15,21H,3-5,10-11,13H2,1-2H3/t15-/m1/s1. The van der Waals surface area contributed by atoms with Crippen molar-refractivity contribution in [1.29, 1.82) is 0 Å². The van der Waals surface area contributed by atoms with Gasteiger partial charge in [0.2, 0.25) is 10.0 Å². The number of aryl methyl sites for hydroxylation is 1. The third kappa shape index (κ3) is 4.71. The van der Waals surface area contributed by atoms with Crippen LogP contribution in [0.1, 0.15) is 30.1 Å². The second kappa shape index (κ2) is 8.74. The first-order valence-corrected chi connectivity index (χ1v) is 10.9. The normalized spacial score (nSPS) is 17.5. The van der Waals surface area contributed by atoms with E-state index in [1.54, 1.807) is 34.1 Å². The van der Waals surface area contributed by atoms with Crippen LogP contribution in [0.4, 0.5) is 0 Å². The van der Waals surface area contributed by atoms with Gasteiger partial charge in [0.15, 0.2) is 0 Å². The number of ether oxygens (including phenoxy) is 1. The molecule has 152 valence electrons. The van der Waals surface area contributed by atoms with Gasteiger partial charge in [-0.2, -0.15) is 5.10 Å². The van der Waals surface area contributed by atoms with Crippen molar-refractivity contribution in [3.8, 4) is 5.75 Å². The van der Waals surface area contributed by atoms with E-state index >= 15 is 0 Å². The molecule has 2 aromatic rings. The molecular weight excluding hydrogens is 380 g/mol. The Balaban J connectivity index is 1.59. The van der Waals surface area contributed by atoms with Gasteiger partial charge in [-0.25, -0.2) is 13.1 Å². The number of carbonyl (C=O) groups is 1. The molecular formula is C19H26N4O4S. The molecule has 1 amide bonds. The van der Waals surface area contributed by atoms with Crippen LogP contribution in [0.2, 0.25) is 0 Å². The zero-order valence-corrected chi connectivity index (χ0v) is 17.0. The number of amides is 1. The molecule has 0 bridgehead atoms. The van der Waals surface area contributed by atoms with E-state index in [1.165, 1.54) is 19.2 Å². The molecule has 9 heteroatoms. The van der Waals surface area contributed by atoms with Crippen molar-refractivity contribution in [3.63, 3.8) is 0 Å². The summed E-state index contributed by atoms with van der Waals surface area (Å²) in [6, 6.07) is 6.27. The molecule has 0 aliphatic carbocycles. The van der Waals surface area contributed by atoms with Crippen LogP contribution in [0.25, 0.3) is 0 Å². The monoisotopic (exact) mass is 406 g/mol. The largest absolute Gasteiger partial charge is 0.497 e. The van der Waals surface area contributed by atoms with Crippen molar-refractivity contribution >= 4 is 15.9 Å². The first-order chi connectivity index (χ1) is 13.4. The fraction of sp³-hybridized carbons (Fsp3) is 0.474. The molecule has 0 spiro atoms. The number of piperidine rings is 1. The lowest BCUT2D eigenvalue weighted by Crippen LogP contribution is -2.43. The number of carbonyl (C=O) groups excluding carboxylic acids is 1. The van der Waals surface area contributed by atoms with Gasteiger partial charge in [-0.3, -0.25) is 9.48 Å². The molecule has 1 aromatic heterocycles. The highest BCUT2D eigenvalue weighted by atomic mass is 32.2. The van der Waals surface area contributed by atoms with E-state index in [9.17, 15) is 13.2 Å². The van der Waals surface area contributed by atoms with E-state index in [4.69, 9.17) is 4.74 Å². The lowest BCUT2D eigenvalue weighted by Gasteiger charge is -2.32.